The minimum absolute atomic E-state index is 0.111. The van der Waals surface area contributed by atoms with E-state index in [1.165, 1.54) is 17.3 Å². The molecule has 0 spiro atoms. The molecule has 0 amide bonds. The summed E-state index contributed by atoms with van der Waals surface area (Å²) in [6.07, 6.45) is 4.71. The number of aromatic nitrogens is 2. The van der Waals surface area contributed by atoms with E-state index in [4.69, 9.17) is 5.10 Å². The zero-order chi connectivity index (χ0) is 29.6. The van der Waals surface area contributed by atoms with Crippen LogP contribution in [-0.2, 0) is 17.8 Å². The van der Waals surface area contributed by atoms with Crippen LogP contribution in [0.5, 0.6) is 0 Å². The van der Waals surface area contributed by atoms with E-state index in [2.05, 4.69) is 71.7 Å². The van der Waals surface area contributed by atoms with Gasteiger partial charge >= 0.3 is 5.97 Å². The molecule has 226 valence electrons. The number of piperidine rings is 1. The lowest BCUT2D eigenvalue weighted by molar-refractivity contribution is -0.145. The van der Waals surface area contributed by atoms with E-state index < -0.39 is 12.0 Å². The first kappa shape index (κ1) is 30.4. The Balaban J connectivity index is 1.27. The number of hydrogen-bond donors (Lipinski definition) is 1. The molecule has 3 atom stereocenters. The molecule has 0 unspecified atom stereocenters. The van der Waals surface area contributed by atoms with E-state index in [0.29, 0.717) is 12.5 Å². The zero-order valence-electron chi connectivity index (χ0n) is 25.5. The number of rotatable bonds is 12. The summed E-state index contributed by atoms with van der Waals surface area (Å²) in [5.41, 5.74) is 4.76. The van der Waals surface area contributed by atoms with E-state index in [1.54, 1.807) is 12.1 Å². The fourth-order valence-electron chi connectivity index (χ4n) is 7.53. The highest BCUT2D eigenvalue weighted by molar-refractivity contribution is 5.74. The summed E-state index contributed by atoms with van der Waals surface area (Å²) >= 11 is 0. The van der Waals surface area contributed by atoms with Gasteiger partial charge in [0.2, 0.25) is 0 Å². The molecule has 0 radical (unpaired) electrons. The van der Waals surface area contributed by atoms with Crippen LogP contribution < -0.4 is 0 Å². The number of aliphatic carboxylic acids is 1. The van der Waals surface area contributed by atoms with Crippen molar-refractivity contribution >= 4 is 5.97 Å². The van der Waals surface area contributed by atoms with Crippen molar-refractivity contribution in [1.29, 1.82) is 0 Å². The molecule has 2 saturated heterocycles. The van der Waals surface area contributed by atoms with Crippen LogP contribution in [0.3, 0.4) is 0 Å². The molecular formula is C35H47FN4O2. The molecule has 6 nitrogen and oxygen atoms in total. The number of likely N-dealkylation sites (tertiary alicyclic amines) is 2. The van der Waals surface area contributed by atoms with Crippen molar-refractivity contribution in [1.82, 2.24) is 19.6 Å². The van der Waals surface area contributed by atoms with E-state index in [9.17, 15) is 14.3 Å². The van der Waals surface area contributed by atoms with Crippen LogP contribution in [0.1, 0.15) is 80.8 Å². The molecule has 2 aromatic carbocycles. The van der Waals surface area contributed by atoms with E-state index in [0.717, 1.165) is 76.1 Å². The van der Waals surface area contributed by atoms with Gasteiger partial charge in [0, 0.05) is 50.1 Å². The van der Waals surface area contributed by atoms with Gasteiger partial charge < -0.3 is 10.0 Å². The molecule has 7 heteroatoms. The average molecular weight is 575 g/mol. The lowest BCUT2D eigenvalue weighted by atomic mass is 9.87. The molecule has 3 heterocycles. The van der Waals surface area contributed by atoms with Crippen LogP contribution in [0, 0.1) is 17.7 Å². The van der Waals surface area contributed by atoms with Crippen molar-refractivity contribution in [3.63, 3.8) is 0 Å². The predicted molar refractivity (Wildman–Crippen MR) is 165 cm³/mol. The average Bonchev–Trinajstić information content (AvgIpc) is 3.60. The Labute approximate surface area is 250 Å². The molecule has 1 aromatic heterocycles. The van der Waals surface area contributed by atoms with Gasteiger partial charge in [0.05, 0.1) is 5.69 Å². The molecule has 0 saturated carbocycles. The number of carboxylic acid groups (broad SMARTS) is 1. The quantitative estimate of drug-likeness (QED) is 0.271. The van der Waals surface area contributed by atoms with Gasteiger partial charge in [0.15, 0.2) is 0 Å². The summed E-state index contributed by atoms with van der Waals surface area (Å²) in [5, 5.41) is 15.2. The number of carboxylic acids is 1. The smallest absolute Gasteiger partial charge is 0.321 e. The number of halogens is 1. The van der Waals surface area contributed by atoms with Gasteiger partial charge in [-0.3, -0.25) is 14.4 Å². The second-order valence-electron chi connectivity index (χ2n) is 12.3. The number of benzene rings is 2. The standard InChI is InChI=1S/C35H47FN4O2/c1-4-26(5-2)34(35(41)42)39-23-29(32(24-39)28-13-10-14-30(36)20-28)22-38-17-15-27(16-18-38)33-21-31(37-40(33)6-3)19-25-11-8-7-9-12-25/h7-14,20-21,26-27,29,32,34H,4-6,15-19,22-24H2,1-3H3,(H,41,42)/t29-,32+,34+/m0/s1. The third-order valence-electron chi connectivity index (χ3n) is 9.78. The van der Waals surface area contributed by atoms with Crippen molar-refractivity contribution in [3.8, 4) is 0 Å². The van der Waals surface area contributed by atoms with Crippen LogP contribution >= 0.6 is 0 Å². The van der Waals surface area contributed by atoms with Gasteiger partial charge in [-0.1, -0.05) is 69.2 Å². The SMILES string of the molecule is CCC(CC)[C@H](C(=O)O)N1C[C@H](CN2CCC(c3cc(Cc4ccccc4)nn3CC)CC2)[C@@H](c2cccc(F)c2)C1. The van der Waals surface area contributed by atoms with Crippen molar-refractivity contribution < 1.29 is 14.3 Å². The largest absolute Gasteiger partial charge is 0.480 e. The fourth-order valence-corrected chi connectivity index (χ4v) is 7.53. The number of hydrogen-bond acceptors (Lipinski definition) is 4. The number of carbonyl (C=O) groups is 1. The lowest BCUT2D eigenvalue weighted by Gasteiger charge is -2.35. The number of nitrogens with zero attached hydrogens (tertiary/aromatic N) is 4. The molecule has 0 aliphatic carbocycles. The van der Waals surface area contributed by atoms with Crippen LogP contribution in [0.4, 0.5) is 4.39 Å². The summed E-state index contributed by atoms with van der Waals surface area (Å²) in [5.74, 6) is 0.0284. The second-order valence-corrected chi connectivity index (χ2v) is 12.3. The van der Waals surface area contributed by atoms with E-state index >= 15 is 0 Å². The van der Waals surface area contributed by atoms with Crippen molar-refractivity contribution in [2.75, 3.05) is 32.7 Å². The highest BCUT2D eigenvalue weighted by Crippen LogP contribution is 2.38. The van der Waals surface area contributed by atoms with Crippen LogP contribution in [0.15, 0.2) is 60.7 Å². The molecule has 5 rings (SSSR count). The molecular weight excluding hydrogens is 527 g/mol. The summed E-state index contributed by atoms with van der Waals surface area (Å²) in [7, 11) is 0. The van der Waals surface area contributed by atoms with Crippen LogP contribution in [-0.4, -0.2) is 69.4 Å². The molecule has 3 aromatic rings. The molecule has 0 bridgehead atoms. The van der Waals surface area contributed by atoms with Crippen molar-refractivity contribution in [2.24, 2.45) is 11.8 Å². The molecule has 2 aliphatic rings. The van der Waals surface area contributed by atoms with E-state index in [-0.39, 0.29) is 23.6 Å². The Hall–Kier alpha value is -3.03. The highest BCUT2D eigenvalue weighted by atomic mass is 19.1. The van der Waals surface area contributed by atoms with E-state index in [1.807, 2.05) is 6.07 Å². The molecule has 2 fully saturated rings. The lowest BCUT2D eigenvalue weighted by Crippen LogP contribution is -2.45. The highest BCUT2D eigenvalue weighted by Gasteiger charge is 2.42. The first-order valence-electron chi connectivity index (χ1n) is 15.9. The minimum atomic E-state index is -0.734. The fraction of sp³-hybridized carbons (Fsp3) is 0.543. The summed E-state index contributed by atoms with van der Waals surface area (Å²) in [4.78, 5) is 17.2. The Morgan fingerprint density at radius 3 is 2.38 bits per heavy atom. The van der Waals surface area contributed by atoms with Crippen LogP contribution in [0.25, 0.3) is 0 Å². The van der Waals surface area contributed by atoms with Gasteiger partial charge in [-0.15, -0.1) is 0 Å². The summed E-state index contributed by atoms with van der Waals surface area (Å²) < 4.78 is 16.5. The maximum atomic E-state index is 14.3. The molecule has 42 heavy (non-hydrogen) atoms. The Bertz CT molecular complexity index is 1300. The minimum Gasteiger partial charge on any atom is -0.480 e. The monoisotopic (exact) mass is 574 g/mol. The predicted octanol–water partition coefficient (Wildman–Crippen LogP) is 6.42. The van der Waals surface area contributed by atoms with Gasteiger partial charge in [-0.05, 0) is 74.0 Å². The van der Waals surface area contributed by atoms with Gasteiger partial charge in [-0.25, -0.2) is 4.39 Å². The summed E-state index contributed by atoms with van der Waals surface area (Å²) in [6, 6.07) is 19.3. The maximum absolute atomic E-state index is 14.3. The Morgan fingerprint density at radius 2 is 1.74 bits per heavy atom. The second kappa shape index (κ2) is 14.0. The van der Waals surface area contributed by atoms with Crippen LogP contribution in [0.2, 0.25) is 0 Å². The van der Waals surface area contributed by atoms with Gasteiger partial charge in [0.1, 0.15) is 11.9 Å². The first-order valence-corrected chi connectivity index (χ1v) is 15.9. The molecule has 2 aliphatic heterocycles. The normalized spacial score (nSPS) is 21.3. The number of aryl methyl sites for hydroxylation is 1. The van der Waals surface area contributed by atoms with Crippen molar-refractivity contribution in [3.05, 3.63) is 89.0 Å². The van der Waals surface area contributed by atoms with Gasteiger partial charge in [0.25, 0.3) is 0 Å². The topological polar surface area (TPSA) is 61.6 Å². The third kappa shape index (κ3) is 6.95. The Morgan fingerprint density at radius 1 is 1.00 bits per heavy atom. The van der Waals surface area contributed by atoms with Crippen molar-refractivity contribution in [2.45, 2.75) is 77.3 Å². The first-order chi connectivity index (χ1) is 20.4. The Kier molecular flexibility index (Phi) is 10.1. The maximum Gasteiger partial charge on any atom is 0.321 e. The van der Waals surface area contributed by atoms with Gasteiger partial charge in [-0.2, -0.15) is 5.10 Å². The zero-order valence-corrected chi connectivity index (χ0v) is 25.5. The summed E-state index contributed by atoms with van der Waals surface area (Å²) in [6.45, 7) is 11.5. The third-order valence-corrected chi connectivity index (χ3v) is 9.78. The molecule has 1 N–H and O–H groups in total.